The summed E-state index contributed by atoms with van der Waals surface area (Å²) in [4.78, 5) is 1.00. The minimum atomic E-state index is -3.41. The summed E-state index contributed by atoms with van der Waals surface area (Å²) in [5.74, 6) is 0. The lowest BCUT2D eigenvalue weighted by atomic mass is 10.1. The molecular formula is C12H20BrN3O2S2. The number of nitrogens with one attached hydrogen (secondary N) is 2. The number of thiophene rings is 1. The van der Waals surface area contributed by atoms with Crippen LogP contribution in [0.15, 0.2) is 15.9 Å². The maximum absolute atomic E-state index is 12.4. The van der Waals surface area contributed by atoms with E-state index < -0.39 is 10.2 Å². The van der Waals surface area contributed by atoms with Gasteiger partial charge in [0.2, 0.25) is 0 Å². The molecule has 0 aliphatic carbocycles. The van der Waals surface area contributed by atoms with E-state index in [0.717, 1.165) is 28.6 Å². The molecule has 5 nitrogen and oxygen atoms in total. The van der Waals surface area contributed by atoms with E-state index in [1.807, 2.05) is 18.5 Å². The van der Waals surface area contributed by atoms with Gasteiger partial charge in [0.25, 0.3) is 10.2 Å². The molecular weight excluding hydrogens is 362 g/mol. The second-order valence-electron chi connectivity index (χ2n) is 4.88. The zero-order valence-electron chi connectivity index (χ0n) is 11.4. The van der Waals surface area contributed by atoms with Gasteiger partial charge in [0, 0.05) is 40.4 Å². The average Bonchev–Trinajstić information content (AvgIpc) is 2.83. The predicted octanol–water partition coefficient (Wildman–Crippen LogP) is 1.92. The van der Waals surface area contributed by atoms with Crippen LogP contribution in [0.3, 0.4) is 0 Å². The zero-order chi connectivity index (χ0) is 14.6. The summed E-state index contributed by atoms with van der Waals surface area (Å²) in [7, 11) is -1.55. The van der Waals surface area contributed by atoms with Crippen LogP contribution in [-0.2, 0) is 16.8 Å². The molecule has 1 aromatic rings. The number of likely N-dealkylation sites (N-methyl/N-ethyl adjacent to an activating group) is 1. The maximum atomic E-state index is 12.4. The molecule has 1 aliphatic rings. The molecule has 0 bridgehead atoms. The quantitative estimate of drug-likeness (QED) is 0.790. The number of hydrogen-bond donors (Lipinski definition) is 2. The minimum absolute atomic E-state index is 0.0568. The molecule has 0 radical (unpaired) electrons. The molecule has 2 N–H and O–H groups in total. The molecule has 0 amide bonds. The van der Waals surface area contributed by atoms with E-state index in [-0.39, 0.29) is 6.04 Å². The average molecular weight is 382 g/mol. The van der Waals surface area contributed by atoms with Gasteiger partial charge < -0.3 is 5.32 Å². The summed E-state index contributed by atoms with van der Waals surface area (Å²) in [5, 5.41) is 5.03. The molecule has 1 fully saturated rings. The van der Waals surface area contributed by atoms with Crippen LogP contribution in [0.2, 0.25) is 0 Å². The van der Waals surface area contributed by atoms with Crippen LogP contribution in [0.5, 0.6) is 0 Å². The Morgan fingerprint density at radius 2 is 2.30 bits per heavy atom. The van der Waals surface area contributed by atoms with Crippen molar-refractivity contribution in [2.24, 2.45) is 0 Å². The summed E-state index contributed by atoms with van der Waals surface area (Å²) < 4.78 is 30.2. The SMILES string of the molecule is CNCC1CCCCN1S(=O)(=O)NCc1cc(Br)cs1. The lowest BCUT2D eigenvalue weighted by molar-refractivity contribution is 0.246. The van der Waals surface area contributed by atoms with E-state index in [1.165, 1.54) is 0 Å². The highest BCUT2D eigenvalue weighted by molar-refractivity contribution is 9.10. The Bertz CT molecular complexity index is 531. The highest BCUT2D eigenvalue weighted by Crippen LogP contribution is 2.22. The molecule has 0 saturated carbocycles. The molecule has 1 saturated heterocycles. The van der Waals surface area contributed by atoms with Crippen LogP contribution >= 0.6 is 27.3 Å². The zero-order valence-corrected chi connectivity index (χ0v) is 14.7. The van der Waals surface area contributed by atoms with Gasteiger partial charge in [-0.3, -0.25) is 0 Å². The highest BCUT2D eigenvalue weighted by Gasteiger charge is 2.31. The molecule has 1 atom stereocenters. The van der Waals surface area contributed by atoms with Crippen molar-refractivity contribution >= 4 is 37.5 Å². The summed E-state index contributed by atoms with van der Waals surface area (Å²) in [5.41, 5.74) is 0. The van der Waals surface area contributed by atoms with Crippen LogP contribution in [0, 0.1) is 0 Å². The minimum Gasteiger partial charge on any atom is -0.318 e. The first-order valence-corrected chi connectivity index (χ1v) is 9.78. The van der Waals surface area contributed by atoms with Gasteiger partial charge in [-0.15, -0.1) is 11.3 Å². The van der Waals surface area contributed by atoms with Gasteiger partial charge >= 0.3 is 0 Å². The van der Waals surface area contributed by atoms with E-state index in [9.17, 15) is 8.42 Å². The highest BCUT2D eigenvalue weighted by atomic mass is 79.9. The first-order chi connectivity index (χ1) is 9.53. The van der Waals surface area contributed by atoms with Gasteiger partial charge in [0.1, 0.15) is 0 Å². The van der Waals surface area contributed by atoms with Crippen LogP contribution in [-0.4, -0.2) is 38.9 Å². The third kappa shape index (κ3) is 4.25. The van der Waals surface area contributed by atoms with E-state index in [2.05, 4.69) is 26.0 Å². The second kappa shape index (κ2) is 7.33. The van der Waals surface area contributed by atoms with Crippen molar-refractivity contribution in [1.82, 2.24) is 14.3 Å². The first-order valence-electron chi connectivity index (χ1n) is 6.67. The number of rotatable bonds is 6. The topological polar surface area (TPSA) is 61.4 Å². The van der Waals surface area contributed by atoms with Gasteiger partial charge in [-0.1, -0.05) is 6.42 Å². The Balaban J connectivity index is 2.00. The Morgan fingerprint density at radius 3 is 2.95 bits per heavy atom. The first kappa shape index (κ1) is 16.4. The molecule has 0 aromatic carbocycles. The fourth-order valence-electron chi connectivity index (χ4n) is 2.42. The van der Waals surface area contributed by atoms with Gasteiger partial charge in [-0.25, -0.2) is 0 Å². The molecule has 2 rings (SSSR count). The van der Waals surface area contributed by atoms with Gasteiger partial charge in [0.15, 0.2) is 0 Å². The summed E-state index contributed by atoms with van der Waals surface area (Å²) >= 11 is 4.92. The third-order valence-electron chi connectivity index (χ3n) is 3.37. The molecule has 1 aliphatic heterocycles. The van der Waals surface area contributed by atoms with E-state index in [0.29, 0.717) is 19.6 Å². The fraction of sp³-hybridized carbons (Fsp3) is 0.667. The van der Waals surface area contributed by atoms with Gasteiger partial charge in [0.05, 0.1) is 0 Å². The van der Waals surface area contributed by atoms with E-state index in [4.69, 9.17) is 0 Å². The summed E-state index contributed by atoms with van der Waals surface area (Å²) in [6.45, 7) is 1.66. The molecule has 1 aromatic heterocycles. The smallest absolute Gasteiger partial charge is 0.280 e. The predicted molar refractivity (Wildman–Crippen MR) is 86.1 cm³/mol. The van der Waals surface area contributed by atoms with Crippen molar-refractivity contribution in [3.63, 3.8) is 0 Å². The van der Waals surface area contributed by atoms with Crippen molar-refractivity contribution in [3.05, 3.63) is 20.8 Å². The van der Waals surface area contributed by atoms with Gasteiger partial charge in [-0.2, -0.15) is 17.4 Å². The Hall–Kier alpha value is 0.01000. The molecule has 0 spiro atoms. The molecule has 8 heteroatoms. The summed E-state index contributed by atoms with van der Waals surface area (Å²) in [6, 6.07) is 2.00. The monoisotopic (exact) mass is 381 g/mol. The Labute approximate surface area is 133 Å². The standard InChI is InChI=1S/C12H20BrN3O2S2/c1-14-7-11-4-2-3-5-16(11)20(17,18)15-8-12-6-10(13)9-19-12/h6,9,11,14-15H,2-5,7-8H2,1H3. The number of piperidine rings is 1. The van der Waals surface area contributed by atoms with Gasteiger partial charge in [-0.05, 0) is 41.9 Å². The number of hydrogen-bond acceptors (Lipinski definition) is 4. The molecule has 2 heterocycles. The van der Waals surface area contributed by atoms with E-state index in [1.54, 1.807) is 15.6 Å². The van der Waals surface area contributed by atoms with Crippen LogP contribution in [0.4, 0.5) is 0 Å². The van der Waals surface area contributed by atoms with Crippen LogP contribution in [0.25, 0.3) is 0 Å². The fourth-order valence-corrected chi connectivity index (χ4v) is 5.35. The van der Waals surface area contributed by atoms with Crippen molar-refractivity contribution in [3.8, 4) is 0 Å². The van der Waals surface area contributed by atoms with Crippen molar-refractivity contribution in [2.45, 2.75) is 31.8 Å². The van der Waals surface area contributed by atoms with Crippen LogP contribution < -0.4 is 10.0 Å². The Morgan fingerprint density at radius 1 is 1.50 bits per heavy atom. The lowest BCUT2D eigenvalue weighted by Gasteiger charge is -2.34. The number of nitrogens with zero attached hydrogens (tertiary/aromatic N) is 1. The van der Waals surface area contributed by atoms with E-state index >= 15 is 0 Å². The molecule has 20 heavy (non-hydrogen) atoms. The Kier molecular flexibility index (Phi) is 6.00. The largest absolute Gasteiger partial charge is 0.318 e. The summed E-state index contributed by atoms with van der Waals surface area (Å²) in [6.07, 6.45) is 2.95. The molecule has 1 unspecified atom stereocenters. The normalized spacial score (nSPS) is 21.2. The number of halogens is 1. The van der Waals surface area contributed by atoms with Crippen LogP contribution in [0.1, 0.15) is 24.1 Å². The van der Waals surface area contributed by atoms with Crippen molar-refractivity contribution in [2.75, 3.05) is 20.1 Å². The third-order valence-corrected chi connectivity index (χ3v) is 6.68. The lowest BCUT2D eigenvalue weighted by Crippen LogP contribution is -2.51. The van der Waals surface area contributed by atoms with Crippen molar-refractivity contribution < 1.29 is 8.42 Å². The molecule has 114 valence electrons. The van der Waals surface area contributed by atoms with Crippen molar-refractivity contribution in [1.29, 1.82) is 0 Å². The second-order valence-corrected chi connectivity index (χ2v) is 8.49. The maximum Gasteiger partial charge on any atom is 0.280 e.